The summed E-state index contributed by atoms with van der Waals surface area (Å²) in [5.74, 6) is 0. The van der Waals surface area contributed by atoms with Crippen LogP contribution in [0.2, 0.25) is 0 Å². The third-order valence-electron chi connectivity index (χ3n) is 3.89. The van der Waals surface area contributed by atoms with Gasteiger partial charge in [0, 0.05) is 24.5 Å². The summed E-state index contributed by atoms with van der Waals surface area (Å²) in [7, 11) is -2.00. The van der Waals surface area contributed by atoms with Crippen LogP contribution in [0.5, 0.6) is 0 Å². The van der Waals surface area contributed by atoms with Crippen molar-refractivity contribution in [3.8, 4) is 0 Å². The molecule has 1 aromatic heterocycles. The maximum Gasteiger partial charge on any atom is 0.319 e. The molecule has 1 aromatic carbocycles. The van der Waals surface area contributed by atoms with Crippen molar-refractivity contribution in [2.24, 2.45) is 0 Å². The van der Waals surface area contributed by atoms with Crippen LogP contribution < -0.4 is 10.6 Å². The molecule has 2 rings (SSSR count). The molecule has 0 saturated heterocycles. The minimum atomic E-state index is -3.54. The highest BCUT2D eigenvalue weighted by Gasteiger charge is 2.22. The zero-order valence-electron chi connectivity index (χ0n) is 15.4. The molecule has 2 N–H and O–H groups in total. The number of aryl methyl sites for hydroxylation is 1. The number of nitrogens with one attached hydrogen (secondary N) is 2. The first-order valence-electron chi connectivity index (χ1n) is 8.25. The number of benzene rings is 1. The molecule has 140 valence electrons. The Balaban J connectivity index is 1.97. The molecule has 0 aliphatic rings. The van der Waals surface area contributed by atoms with Crippen LogP contribution in [0.3, 0.4) is 0 Å². The van der Waals surface area contributed by atoms with Crippen LogP contribution in [0, 0.1) is 6.92 Å². The zero-order valence-corrected chi connectivity index (χ0v) is 16.2. The van der Waals surface area contributed by atoms with E-state index in [-0.39, 0.29) is 17.0 Å². The van der Waals surface area contributed by atoms with Crippen LogP contribution in [-0.2, 0) is 16.6 Å². The van der Waals surface area contributed by atoms with Gasteiger partial charge in [-0.05, 0) is 57.2 Å². The van der Waals surface area contributed by atoms with Crippen molar-refractivity contribution < 1.29 is 13.2 Å². The molecule has 0 aliphatic heterocycles. The molecule has 2 aromatic rings. The SMILES string of the molecule is Cc1cccc(CNC(=O)Nc2ccc(S(=O)(=O)N(C)C(C)C)cc2)n1. The molecular weight excluding hydrogens is 352 g/mol. The molecule has 0 radical (unpaired) electrons. The van der Waals surface area contributed by atoms with E-state index in [1.54, 1.807) is 33.0 Å². The Bertz CT molecular complexity index is 864. The number of sulfonamides is 1. The average molecular weight is 376 g/mol. The summed E-state index contributed by atoms with van der Waals surface area (Å²) < 4.78 is 26.1. The van der Waals surface area contributed by atoms with Gasteiger partial charge in [-0.3, -0.25) is 4.98 Å². The van der Waals surface area contributed by atoms with Crippen molar-refractivity contribution in [3.05, 3.63) is 53.9 Å². The summed E-state index contributed by atoms with van der Waals surface area (Å²) in [6.45, 7) is 5.80. The molecule has 7 nitrogen and oxygen atoms in total. The van der Waals surface area contributed by atoms with Crippen LogP contribution in [0.4, 0.5) is 10.5 Å². The zero-order chi connectivity index (χ0) is 19.3. The standard InChI is InChI=1S/C18H24N4O3S/c1-13(2)22(4)26(24,25)17-10-8-15(9-11-17)21-18(23)19-12-16-7-5-6-14(3)20-16/h5-11,13H,12H2,1-4H3,(H2,19,21,23). The summed E-state index contributed by atoms with van der Waals surface area (Å²) in [5, 5.41) is 5.38. The molecule has 0 bridgehead atoms. The smallest absolute Gasteiger partial charge is 0.319 e. The van der Waals surface area contributed by atoms with Crippen molar-refractivity contribution in [2.45, 2.75) is 38.3 Å². The van der Waals surface area contributed by atoms with Crippen LogP contribution >= 0.6 is 0 Å². The topological polar surface area (TPSA) is 91.4 Å². The Morgan fingerprint density at radius 1 is 1.15 bits per heavy atom. The lowest BCUT2D eigenvalue weighted by Gasteiger charge is -2.21. The van der Waals surface area contributed by atoms with Gasteiger partial charge < -0.3 is 10.6 Å². The minimum Gasteiger partial charge on any atom is -0.332 e. The van der Waals surface area contributed by atoms with Crippen LogP contribution in [0.1, 0.15) is 25.2 Å². The van der Waals surface area contributed by atoms with Gasteiger partial charge in [-0.25, -0.2) is 13.2 Å². The van der Waals surface area contributed by atoms with Gasteiger partial charge in [0.25, 0.3) is 0 Å². The Kier molecular flexibility index (Phi) is 6.33. The molecule has 2 amide bonds. The van der Waals surface area contributed by atoms with Crippen molar-refractivity contribution >= 4 is 21.7 Å². The average Bonchev–Trinajstić information content (AvgIpc) is 2.59. The predicted octanol–water partition coefficient (Wildman–Crippen LogP) is 2.74. The van der Waals surface area contributed by atoms with Crippen molar-refractivity contribution in [1.82, 2.24) is 14.6 Å². The van der Waals surface area contributed by atoms with E-state index in [1.165, 1.54) is 16.4 Å². The maximum absolute atomic E-state index is 12.4. The van der Waals surface area contributed by atoms with E-state index < -0.39 is 10.0 Å². The molecule has 8 heteroatoms. The van der Waals surface area contributed by atoms with E-state index in [2.05, 4.69) is 15.6 Å². The Labute approximate surface area is 154 Å². The molecular formula is C18H24N4O3S. The van der Waals surface area contributed by atoms with Gasteiger partial charge >= 0.3 is 6.03 Å². The molecule has 0 atom stereocenters. The number of urea groups is 1. The van der Waals surface area contributed by atoms with E-state index in [4.69, 9.17) is 0 Å². The van der Waals surface area contributed by atoms with Crippen molar-refractivity contribution in [3.63, 3.8) is 0 Å². The van der Waals surface area contributed by atoms with Crippen molar-refractivity contribution in [2.75, 3.05) is 12.4 Å². The Morgan fingerprint density at radius 2 is 1.81 bits per heavy atom. The van der Waals surface area contributed by atoms with E-state index in [0.29, 0.717) is 12.2 Å². The lowest BCUT2D eigenvalue weighted by molar-refractivity contribution is 0.251. The van der Waals surface area contributed by atoms with Crippen LogP contribution in [0.15, 0.2) is 47.4 Å². The highest BCUT2D eigenvalue weighted by atomic mass is 32.2. The quantitative estimate of drug-likeness (QED) is 0.811. The molecule has 0 spiro atoms. The highest BCUT2D eigenvalue weighted by Crippen LogP contribution is 2.19. The molecule has 0 saturated carbocycles. The molecule has 0 fully saturated rings. The first-order valence-corrected chi connectivity index (χ1v) is 9.69. The van der Waals surface area contributed by atoms with Crippen molar-refractivity contribution in [1.29, 1.82) is 0 Å². The summed E-state index contributed by atoms with van der Waals surface area (Å²) in [6.07, 6.45) is 0. The second-order valence-electron chi connectivity index (χ2n) is 6.22. The van der Waals surface area contributed by atoms with Gasteiger partial charge in [-0.15, -0.1) is 0 Å². The number of carbonyl (C=O) groups is 1. The number of nitrogens with zero attached hydrogens (tertiary/aromatic N) is 2. The summed E-state index contributed by atoms with van der Waals surface area (Å²) in [5.41, 5.74) is 2.15. The lowest BCUT2D eigenvalue weighted by Crippen LogP contribution is -2.33. The Hall–Kier alpha value is -2.45. The molecule has 0 aliphatic carbocycles. The van der Waals surface area contributed by atoms with E-state index in [0.717, 1.165) is 11.4 Å². The number of hydrogen-bond acceptors (Lipinski definition) is 4. The van der Waals surface area contributed by atoms with Gasteiger partial charge in [-0.1, -0.05) is 6.07 Å². The second kappa shape index (κ2) is 8.29. The largest absolute Gasteiger partial charge is 0.332 e. The monoisotopic (exact) mass is 376 g/mol. The fourth-order valence-corrected chi connectivity index (χ4v) is 3.57. The predicted molar refractivity (Wildman–Crippen MR) is 101 cm³/mol. The minimum absolute atomic E-state index is 0.140. The summed E-state index contributed by atoms with van der Waals surface area (Å²) in [6, 6.07) is 11.1. The number of carbonyl (C=O) groups excluding carboxylic acids is 1. The maximum atomic E-state index is 12.4. The Morgan fingerprint density at radius 3 is 2.38 bits per heavy atom. The first kappa shape index (κ1) is 19.9. The number of anilines is 1. The highest BCUT2D eigenvalue weighted by molar-refractivity contribution is 7.89. The van der Waals surface area contributed by atoms with Gasteiger partial charge in [0.15, 0.2) is 0 Å². The third-order valence-corrected chi connectivity index (χ3v) is 5.94. The number of hydrogen-bond donors (Lipinski definition) is 2. The molecule has 26 heavy (non-hydrogen) atoms. The first-order chi connectivity index (χ1) is 12.2. The van der Waals surface area contributed by atoms with Gasteiger partial charge in [0.1, 0.15) is 0 Å². The number of amides is 2. The number of pyridine rings is 1. The van der Waals surface area contributed by atoms with E-state index >= 15 is 0 Å². The fourth-order valence-electron chi connectivity index (χ4n) is 2.20. The molecule has 0 unspecified atom stereocenters. The van der Waals surface area contributed by atoms with E-state index in [1.807, 2.05) is 25.1 Å². The summed E-state index contributed by atoms with van der Waals surface area (Å²) >= 11 is 0. The van der Waals surface area contributed by atoms with Crippen LogP contribution in [-0.4, -0.2) is 36.8 Å². The van der Waals surface area contributed by atoms with Gasteiger partial charge in [0.2, 0.25) is 10.0 Å². The summed E-state index contributed by atoms with van der Waals surface area (Å²) in [4.78, 5) is 16.5. The van der Waals surface area contributed by atoms with E-state index in [9.17, 15) is 13.2 Å². The lowest BCUT2D eigenvalue weighted by atomic mass is 10.3. The number of aromatic nitrogens is 1. The van der Waals surface area contributed by atoms with Gasteiger partial charge in [0.05, 0.1) is 17.1 Å². The normalized spacial score (nSPS) is 11.6. The third kappa shape index (κ3) is 5.03. The second-order valence-corrected chi connectivity index (χ2v) is 8.21. The number of rotatable bonds is 6. The van der Waals surface area contributed by atoms with Crippen LogP contribution in [0.25, 0.3) is 0 Å². The fraction of sp³-hybridized carbons (Fsp3) is 0.333. The molecule has 1 heterocycles. The van der Waals surface area contributed by atoms with Gasteiger partial charge in [-0.2, -0.15) is 4.31 Å².